The topological polar surface area (TPSA) is 57.2 Å². The molecule has 0 radical (unpaired) electrons. The second kappa shape index (κ2) is 6.18. The van der Waals surface area contributed by atoms with Crippen LogP contribution < -0.4 is 9.47 Å². The van der Waals surface area contributed by atoms with Crippen LogP contribution in [0.3, 0.4) is 0 Å². The van der Waals surface area contributed by atoms with Gasteiger partial charge < -0.3 is 24.1 Å². The molecule has 20 heavy (non-hydrogen) atoms. The first-order chi connectivity index (χ1) is 9.75. The SMILES string of the molecule is OC(c1cc2c(cc1Cl)OCCCO2)C1COCCO1. The summed E-state index contributed by atoms with van der Waals surface area (Å²) in [5.74, 6) is 1.22. The normalized spacial score (nSPS) is 24.0. The Hall–Kier alpha value is -1.01. The Kier molecular flexibility index (Phi) is 4.31. The van der Waals surface area contributed by atoms with E-state index in [0.717, 1.165) is 6.42 Å². The van der Waals surface area contributed by atoms with Crippen molar-refractivity contribution < 1.29 is 24.1 Å². The maximum Gasteiger partial charge on any atom is 0.162 e. The second-order valence-corrected chi connectivity index (χ2v) is 5.21. The highest BCUT2D eigenvalue weighted by Gasteiger charge is 2.28. The van der Waals surface area contributed by atoms with Gasteiger partial charge in [-0.3, -0.25) is 0 Å². The maximum atomic E-state index is 10.4. The molecule has 2 aliphatic heterocycles. The van der Waals surface area contributed by atoms with E-state index in [1.165, 1.54) is 0 Å². The molecular formula is C14H17ClO5. The van der Waals surface area contributed by atoms with Crippen LogP contribution in [0.15, 0.2) is 12.1 Å². The van der Waals surface area contributed by atoms with Gasteiger partial charge in [0.05, 0.1) is 38.1 Å². The van der Waals surface area contributed by atoms with Crippen LogP contribution in [-0.2, 0) is 9.47 Å². The lowest BCUT2D eigenvalue weighted by Crippen LogP contribution is -2.34. The molecule has 2 atom stereocenters. The number of hydrogen-bond acceptors (Lipinski definition) is 5. The van der Waals surface area contributed by atoms with Gasteiger partial charge in [-0.1, -0.05) is 11.6 Å². The zero-order chi connectivity index (χ0) is 13.9. The lowest BCUT2D eigenvalue weighted by molar-refractivity contribution is -0.133. The van der Waals surface area contributed by atoms with Gasteiger partial charge in [0, 0.05) is 18.1 Å². The Morgan fingerprint density at radius 2 is 1.85 bits per heavy atom. The molecule has 1 N–H and O–H groups in total. The maximum absolute atomic E-state index is 10.4. The highest BCUT2D eigenvalue weighted by atomic mass is 35.5. The lowest BCUT2D eigenvalue weighted by Gasteiger charge is -2.28. The van der Waals surface area contributed by atoms with E-state index in [9.17, 15) is 5.11 Å². The van der Waals surface area contributed by atoms with Crippen molar-refractivity contribution in [1.29, 1.82) is 0 Å². The van der Waals surface area contributed by atoms with Gasteiger partial charge in [0.15, 0.2) is 11.5 Å². The molecule has 0 bridgehead atoms. The minimum absolute atomic E-state index is 0.353. The van der Waals surface area contributed by atoms with E-state index in [-0.39, 0.29) is 0 Å². The summed E-state index contributed by atoms with van der Waals surface area (Å²) >= 11 is 6.24. The molecule has 2 aliphatic rings. The quantitative estimate of drug-likeness (QED) is 0.905. The van der Waals surface area contributed by atoms with Crippen LogP contribution in [-0.4, -0.2) is 44.2 Å². The van der Waals surface area contributed by atoms with Crippen molar-refractivity contribution in [3.63, 3.8) is 0 Å². The summed E-state index contributed by atoms with van der Waals surface area (Å²) < 4.78 is 22.0. The summed E-state index contributed by atoms with van der Waals surface area (Å²) in [5.41, 5.74) is 0.575. The number of hydrogen-bond donors (Lipinski definition) is 1. The standard InChI is InChI=1S/C14H17ClO5/c15-10-7-12-11(18-2-1-3-19-12)6-9(10)14(16)13-8-17-4-5-20-13/h6-7,13-14,16H,1-5,8H2. The number of fused-ring (bicyclic) bond motifs is 1. The molecule has 2 heterocycles. The number of halogens is 1. The molecule has 110 valence electrons. The first kappa shape index (κ1) is 13.9. The number of aliphatic hydroxyl groups excluding tert-OH is 1. The van der Waals surface area contributed by atoms with Crippen molar-refractivity contribution in [2.24, 2.45) is 0 Å². The molecule has 6 heteroatoms. The third-order valence-corrected chi connectivity index (χ3v) is 3.71. The molecule has 0 saturated carbocycles. The summed E-state index contributed by atoms with van der Waals surface area (Å²) in [6, 6.07) is 3.41. The van der Waals surface area contributed by atoms with Gasteiger partial charge in [-0.15, -0.1) is 0 Å². The fourth-order valence-corrected chi connectivity index (χ4v) is 2.58. The molecule has 3 rings (SSSR count). The van der Waals surface area contributed by atoms with Gasteiger partial charge in [0.1, 0.15) is 12.2 Å². The summed E-state index contributed by atoms with van der Waals surface area (Å²) in [6.45, 7) is 2.58. The number of ether oxygens (including phenoxy) is 4. The monoisotopic (exact) mass is 300 g/mol. The van der Waals surface area contributed by atoms with Crippen molar-refractivity contribution in [1.82, 2.24) is 0 Å². The molecule has 1 fully saturated rings. The first-order valence-corrected chi connectivity index (χ1v) is 7.10. The number of rotatable bonds is 2. The molecule has 0 amide bonds. The summed E-state index contributed by atoms with van der Waals surface area (Å²) in [4.78, 5) is 0. The summed E-state index contributed by atoms with van der Waals surface area (Å²) in [6.07, 6.45) is -0.435. The fraction of sp³-hybridized carbons (Fsp3) is 0.571. The van der Waals surface area contributed by atoms with Crippen LogP contribution in [0, 0.1) is 0 Å². The fourth-order valence-electron chi connectivity index (χ4n) is 2.31. The van der Waals surface area contributed by atoms with E-state index in [4.69, 9.17) is 30.5 Å². The first-order valence-electron chi connectivity index (χ1n) is 6.72. The van der Waals surface area contributed by atoms with Crippen molar-refractivity contribution in [2.45, 2.75) is 18.6 Å². The van der Waals surface area contributed by atoms with Crippen LogP contribution in [0.1, 0.15) is 18.1 Å². The highest BCUT2D eigenvalue weighted by Crippen LogP contribution is 2.38. The smallest absolute Gasteiger partial charge is 0.162 e. The Labute approximate surface area is 122 Å². The second-order valence-electron chi connectivity index (χ2n) is 4.80. The molecule has 1 saturated heterocycles. The summed E-state index contributed by atoms with van der Waals surface area (Å²) in [7, 11) is 0. The Morgan fingerprint density at radius 3 is 2.55 bits per heavy atom. The van der Waals surface area contributed by atoms with Crippen LogP contribution in [0.2, 0.25) is 5.02 Å². The average Bonchev–Trinajstić information content (AvgIpc) is 2.71. The van der Waals surface area contributed by atoms with Gasteiger partial charge in [0.2, 0.25) is 0 Å². The van der Waals surface area contributed by atoms with Crippen molar-refractivity contribution in [3.05, 3.63) is 22.7 Å². The van der Waals surface area contributed by atoms with Crippen LogP contribution in [0.5, 0.6) is 11.5 Å². The van der Waals surface area contributed by atoms with E-state index in [0.29, 0.717) is 55.1 Å². The van der Waals surface area contributed by atoms with Crippen LogP contribution in [0.4, 0.5) is 0 Å². The van der Waals surface area contributed by atoms with Gasteiger partial charge >= 0.3 is 0 Å². The van der Waals surface area contributed by atoms with Gasteiger partial charge in [0.25, 0.3) is 0 Å². The Morgan fingerprint density at radius 1 is 1.10 bits per heavy atom. The van der Waals surface area contributed by atoms with E-state index in [1.54, 1.807) is 12.1 Å². The zero-order valence-corrected chi connectivity index (χ0v) is 11.8. The molecule has 5 nitrogen and oxygen atoms in total. The lowest BCUT2D eigenvalue weighted by atomic mass is 10.0. The Bertz CT molecular complexity index is 473. The Balaban J connectivity index is 1.86. The highest BCUT2D eigenvalue weighted by molar-refractivity contribution is 6.31. The predicted octanol–water partition coefficient (Wildman–Crippen LogP) is 1.95. The molecule has 0 spiro atoms. The zero-order valence-electron chi connectivity index (χ0n) is 11.0. The van der Waals surface area contributed by atoms with E-state index < -0.39 is 12.2 Å². The largest absolute Gasteiger partial charge is 0.490 e. The average molecular weight is 301 g/mol. The molecule has 2 unspecified atom stereocenters. The minimum Gasteiger partial charge on any atom is -0.490 e. The van der Waals surface area contributed by atoms with Gasteiger partial charge in [-0.05, 0) is 6.07 Å². The van der Waals surface area contributed by atoms with Crippen molar-refractivity contribution >= 4 is 11.6 Å². The van der Waals surface area contributed by atoms with Crippen LogP contribution >= 0.6 is 11.6 Å². The predicted molar refractivity (Wildman–Crippen MR) is 72.6 cm³/mol. The third-order valence-electron chi connectivity index (χ3n) is 3.38. The van der Waals surface area contributed by atoms with E-state index >= 15 is 0 Å². The minimum atomic E-state index is -0.847. The van der Waals surface area contributed by atoms with E-state index in [1.807, 2.05) is 0 Å². The van der Waals surface area contributed by atoms with Crippen LogP contribution in [0.25, 0.3) is 0 Å². The van der Waals surface area contributed by atoms with Gasteiger partial charge in [-0.2, -0.15) is 0 Å². The third kappa shape index (κ3) is 2.86. The van der Waals surface area contributed by atoms with E-state index in [2.05, 4.69) is 0 Å². The molecular weight excluding hydrogens is 284 g/mol. The number of aliphatic hydroxyl groups is 1. The molecule has 1 aromatic rings. The van der Waals surface area contributed by atoms with Crippen molar-refractivity contribution in [3.8, 4) is 11.5 Å². The molecule has 0 aromatic heterocycles. The molecule has 1 aromatic carbocycles. The molecule has 0 aliphatic carbocycles. The van der Waals surface area contributed by atoms with Gasteiger partial charge in [-0.25, -0.2) is 0 Å². The number of benzene rings is 1. The summed E-state index contributed by atoms with van der Waals surface area (Å²) in [5, 5.41) is 10.9. The van der Waals surface area contributed by atoms with Crippen molar-refractivity contribution in [2.75, 3.05) is 33.0 Å².